The molecular formula is C35H33ClN4O5S. The quantitative estimate of drug-likeness (QED) is 0.274. The molecule has 0 aliphatic carbocycles. The van der Waals surface area contributed by atoms with Crippen LogP contribution < -0.4 is 29.3 Å². The summed E-state index contributed by atoms with van der Waals surface area (Å²) in [6.45, 7) is 6.80. The van der Waals surface area contributed by atoms with Crippen LogP contribution in [0.2, 0.25) is 5.02 Å². The third kappa shape index (κ3) is 5.11. The average Bonchev–Trinajstić information content (AvgIpc) is 3.53. The Bertz CT molecular complexity index is 2100. The maximum absolute atomic E-state index is 14.7. The van der Waals surface area contributed by atoms with Crippen LogP contribution >= 0.6 is 22.9 Å². The molecule has 3 heterocycles. The van der Waals surface area contributed by atoms with E-state index in [1.165, 1.54) is 4.57 Å². The van der Waals surface area contributed by atoms with E-state index in [9.17, 15) is 14.4 Å². The number of allylic oxidation sites excluding steroid dienone is 1. The Hall–Kier alpha value is -4.67. The number of aromatic nitrogens is 1. The largest absolute Gasteiger partial charge is 0.497 e. The zero-order valence-electron chi connectivity index (χ0n) is 26.2. The maximum atomic E-state index is 14.7. The van der Waals surface area contributed by atoms with Crippen LogP contribution in [0.15, 0.2) is 87.8 Å². The normalized spacial score (nSPS) is 16.6. The van der Waals surface area contributed by atoms with Gasteiger partial charge in [0.2, 0.25) is 0 Å². The molecule has 0 N–H and O–H groups in total. The second-order valence-corrected chi connectivity index (χ2v) is 12.2. The van der Waals surface area contributed by atoms with Crippen LogP contribution in [0.25, 0.3) is 5.57 Å². The molecule has 1 atom stereocenters. The van der Waals surface area contributed by atoms with Gasteiger partial charge < -0.3 is 19.3 Å². The Balaban J connectivity index is 1.62. The molecule has 0 unspecified atom stereocenters. The first kappa shape index (κ1) is 31.3. The van der Waals surface area contributed by atoms with Crippen LogP contribution in [0, 0.1) is 0 Å². The molecule has 2 aliphatic rings. The molecule has 2 amide bonds. The van der Waals surface area contributed by atoms with Crippen molar-refractivity contribution in [1.82, 2.24) is 9.47 Å². The lowest BCUT2D eigenvalue weighted by atomic mass is 9.93. The van der Waals surface area contributed by atoms with E-state index in [1.54, 1.807) is 55.2 Å². The number of ether oxygens (including phenoxy) is 2. The summed E-state index contributed by atoms with van der Waals surface area (Å²) >= 11 is 7.62. The van der Waals surface area contributed by atoms with Gasteiger partial charge in [0.15, 0.2) is 4.80 Å². The lowest BCUT2D eigenvalue weighted by Crippen LogP contribution is -2.43. The lowest BCUT2D eigenvalue weighted by molar-refractivity contribution is -0.127. The number of rotatable bonds is 8. The monoisotopic (exact) mass is 656 g/mol. The van der Waals surface area contributed by atoms with Gasteiger partial charge in [-0.15, -0.1) is 0 Å². The number of anilines is 1. The highest BCUT2D eigenvalue weighted by Crippen LogP contribution is 2.39. The molecule has 9 nitrogen and oxygen atoms in total. The fourth-order valence-corrected chi connectivity index (χ4v) is 7.46. The summed E-state index contributed by atoms with van der Waals surface area (Å²) in [7, 11) is 3.10. The van der Waals surface area contributed by atoms with Gasteiger partial charge in [0.05, 0.1) is 43.3 Å². The number of hydrogen-bond donors (Lipinski definition) is 0. The van der Waals surface area contributed by atoms with E-state index < -0.39 is 11.6 Å². The second-order valence-electron chi connectivity index (χ2n) is 10.9. The summed E-state index contributed by atoms with van der Waals surface area (Å²) in [6, 6.07) is 19.2. The zero-order chi connectivity index (χ0) is 32.7. The first-order chi connectivity index (χ1) is 22.2. The van der Waals surface area contributed by atoms with Gasteiger partial charge in [-0.25, -0.2) is 4.99 Å². The van der Waals surface area contributed by atoms with Crippen molar-refractivity contribution in [3.05, 3.63) is 119 Å². The Morgan fingerprint density at radius 1 is 1.00 bits per heavy atom. The van der Waals surface area contributed by atoms with Gasteiger partial charge >= 0.3 is 0 Å². The second kappa shape index (κ2) is 12.6. The zero-order valence-corrected chi connectivity index (χ0v) is 27.7. The highest BCUT2D eigenvalue weighted by atomic mass is 35.5. The van der Waals surface area contributed by atoms with E-state index in [4.69, 9.17) is 26.1 Å². The maximum Gasteiger partial charge on any atom is 0.271 e. The summed E-state index contributed by atoms with van der Waals surface area (Å²) in [4.78, 5) is 51.5. The number of nitrogens with zero attached hydrogens (tertiary/aromatic N) is 4. The van der Waals surface area contributed by atoms with Crippen LogP contribution in [0.5, 0.6) is 11.5 Å². The van der Waals surface area contributed by atoms with Crippen molar-refractivity contribution in [2.75, 3.05) is 32.2 Å². The fourth-order valence-electron chi connectivity index (χ4n) is 6.13. The molecule has 4 aromatic rings. The standard InChI is InChI=1S/C35H33ClN4O5S/c1-6-38(7-2)32(41)28-20(3)37-35-40(30(28)24-18-22(44-4)16-17-27(24)45-5)34(43)31(46-35)29-23-13-9-11-15-26(23)39(33(29)42)19-21-12-8-10-14-25(21)36/h8-18,30H,6-7,19H2,1-5H3/b31-29-/t30-/m1/s1. The van der Waals surface area contributed by atoms with E-state index in [2.05, 4.69) is 0 Å². The van der Waals surface area contributed by atoms with Crippen molar-refractivity contribution in [2.24, 2.45) is 4.99 Å². The molecule has 3 aromatic carbocycles. The Kier molecular flexibility index (Phi) is 8.59. The van der Waals surface area contributed by atoms with Crippen LogP contribution in [-0.2, 0) is 16.1 Å². The van der Waals surface area contributed by atoms with Crippen molar-refractivity contribution in [3.8, 4) is 11.5 Å². The summed E-state index contributed by atoms with van der Waals surface area (Å²) in [5.41, 5.74) is 3.41. The number of likely N-dealkylation sites (N-methyl/N-ethyl adjacent to an activating group) is 1. The van der Waals surface area contributed by atoms with E-state index >= 15 is 0 Å². The number of fused-ring (bicyclic) bond motifs is 2. The van der Waals surface area contributed by atoms with Crippen LogP contribution in [-0.4, -0.2) is 48.6 Å². The SMILES string of the molecule is CCN(CC)C(=O)C1=C(C)N=c2s/c(=C3\C(=O)N(Cc4ccccc4Cl)c4ccccc43)c(=O)n2[C@@H]1c1cc(OC)ccc1OC. The van der Waals surface area contributed by atoms with Crippen molar-refractivity contribution in [1.29, 1.82) is 0 Å². The van der Waals surface area contributed by atoms with Gasteiger partial charge in [0, 0.05) is 29.2 Å². The summed E-state index contributed by atoms with van der Waals surface area (Å²) < 4.78 is 13.1. The van der Waals surface area contributed by atoms with Crippen molar-refractivity contribution < 1.29 is 19.1 Å². The molecule has 0 saturated carbocycles. The number of hydrogen-bond acceptors (Lipinski definition) is 7. The minimum atomic E-state index is -0.880. The first-order valence-electron chi connectivity index (χ1n) is 14.9. The molecule has 0 radical (unpaired) electrons. The van der Waals surface area contributed by atoms with Crippen LogP contribution in [0.4, 0.5) is 5.69 Å². The number of amides is 2. The molecule has 0 fully saturated rings. The molecule has 46 heavy (non-hydrogen) atoms. The lowest BCUT2D eigenvalue weighted by Gasteiger charge is -2.30. The molecule has 0 bridgehead atoms. The van der Waals surface area contributed by atoms with Crippen molar-refractivity contribution >= 4 is 46.0 Å². The molecule has 11 heteroatoms. The molecule has 0 spiro atoms. The van der Waals surface area contributed by atoms with Crippen molar-refractivity contribution in [2.45, 2.75) is 33.4 Å². The Morgan fingerprint density at radius 2 is 1.72 bits per heavy atom. The number of para-hydroxylation sites is 1. The number of carbonyl (C=O) groups excluding carboxylic acids is 2. The molecule has 2 aliphatic heterocycles. The predicted molar refractivity (Wildman–Crippen MR) is 179 cm³/mol. The smallest absolute Gasteiger partial charge is 0.271 e. The minimum Gasteiger partial charge on any atom is -0.497 e. The number of halogens is 1. The predicted octanol–water partition coefficient (Wildman–Crippen LogP) is 4.69. The van der Waals surface area contributed by atoms with Gasteiger partial charge in [-0.3, -0.25) is 19.0 Å². The summed E-state index contributed by atoms with van der Waals surface area (Å²) in [5.74, 6) is 0.487. The minimum absolute atomic E-state index is 0.229. The Morgan fingerprint density at radius 3 is 2.41 bits per heavy atom. The van der Waals surface area contributed by atoms with E-state index in [1.807, 2.05) is 56.3 Å². The van der Waals surface area contributed by atoms with E-state index in [0.717, 1.165) is 16.9 Å². The molecule has 236 valence electrons. The highest BCUT2D eigenvalue weighted by molar-refractivity contribution is 7.07. The van der Waals surface area contributed by atoms with Gasteiger partial charge in [-0.2, -0.15) is 0 Å². The van der Waals surface area contributed by atoms with E-state index in [0.29, 0.717) is 68.1 Å². The van der Waals surface area contributed by atoms with Crippen LogP contribution in [0.3, 0.4) is 0 Å². The molecule has 0 saturated heterocycles. The van der Waals surface area contributed by atoms with Crippen molar-refractivity contribution in [3.63, 3.8) is 0 Å². The summed E-state index contributed by atoms with van der Waals surface area (Å²) in [5, 5.41) is 0.550. The number of benzene rings is 3. The highest BCUT2D eigenvalue weighted by Gasteiger charge is 2.39. The molecule has 6 rings (SSSR count). The molecule has 1 aromatic heterocycles. The third-order valence-electron chi connectivity index (χ3n) is 8.45. The Labute approximate surface area is 275 Å². The van der Waals surface area contributed by atoms with E-state index in [-0.39, 0.29) is 22.9 Å². The third-order valence-corrected chi connectivity index (χ3v) is 9.87. The van der Waals surface area contributed by atoms with Crippen LogP contribution in [0.1, 0.15) is 43.5 Å². The molecular weight excluding hydrogens is 624 g/mol. The van der Waals surface area contributed by atoms with Gasteiger partial charge in [0.25, 0.3) is 17.4 Å². The number of thiazole rings is 1. The number of carbonyl (C=O) groups is 2. The topological polar surface area (TPSA) is 93.4 Å². The van der Waals surface area contributed by atoms with Gasteiger partial charge in [-0.1, -0.05) is 59.3 Å². The van der Waals surface area contributed by atoms with Gasteiger partial charge in [0.1, 0.15) is 22.1 Å². The summed E-state index contributed by atoms with van der Waals surface area (Å²) in [6.07, 6.45) is 0. The van der Waals surface area contributed by atoms with Gasteiger partial charge in [-0.05, 0) is 56.7 Å². The number of methoxy groups -OCH3 is 2. The fraction of sp³-hybridized carbons (Fsp3) is 0.257. The average molecular weight is 657 g/mol. The first-order valence-corrected chi connectivity index (χ1v) is 16.1.